The van der Waals surface area contributed by atoms with E-state index >= 15 is 0 Å². The Kier molecular flexibility index (Phi) is 4.12. The van der Waals surface area contributed by atoms with Crippen molar-refractivity contribution in [3.05, 3.63) is 35.5 Å². The summed E-state index contributed by atoms with van der Waals surface area (Å²) < 4.78 is 5.35. The molecule has 0 amide bonds. The topological polar surface area (TPSA) is 34.2 Å². The van der Waals surface area contributed by atoms with Crippen molar-refractivity contribution in [1.29, 1.82) is 0 Å². The summed E-state index contributed by atoms with van der Waals surface area (Å²) in [5.74, 6) is 0.895. The number of thiazole rings is 1. The molecule has 0 saturated carbocycles. The number of ether oxygens (including phenoxy) is 1. The molecule has 3 nitrogen and oxygen atoms in total. The lowest BCUT2D eigenvalue weighted by molar-refractivity contribution is 0.416. The molecule has 0 aliphatic rings. The molecule has 0 aliphatic carbocycles. The van der Waals surface area contributed by atoms with Gasteiger partial charge in [0.2, 0.25) is 0 Å². The van der Waals surface area contributed by atoms with E-state index in [2.05, 4.69) is 23.3 Å². The zero-order valence-corrected chi connectivity index (χ0v) is 10.9. The molecule has 0 spiro atoms. The van der Waals surface area contributed by atoms with Crippen molar-refractivity contribution in [2.75, 3.05) is 13.7 Å². The van der Waals surface area contributed by atoms with Gasteiger partial charge in [0, 0.05) is 18.3 Å². The Labute approximate surface area is 105 Å². The number of nitrogens with zero attached hydrogens (tertiary/aromatic N) is 1. The van der Waals surface area contributed by atoms with Gasteiger partial charge in [-0.2, -0.15) is 0 Å². The second kappa shape index (κ2) is 5.80. The average Bonchev–Trinajstić information content (AvgIpc) is 2.85. The van der Waals surface area contributed by atoms with Crippen molar-refractivity contribution in [2.45, 2.75) is 13.5 Å². The Morgan fingerprint density at radius 2 is 2.18 bits per heavy atom. The van der Waals surface area contributed by atoms with Gasteiger partial charge in [0.05, 0.1) is 12.0 Å². The second-order valence-electron chi connectivity index (χ2n) is 3.60. The fraction of sp³-hybridized carbons (Fsp3) is 0.308. The summed E-state index contributed by atoms with van der Waals surface area (Å²) in [4.78, 5) is 5.55. The lowest BCUT2D eigenvalue weighted by Crippen LogP contribution is -2.11. The van der Waals surface area contributed by atoms with Gasteiger partial charge in [-0.05, 0) is 18.7 Å². The van der Waals surface area contributed by atoms with Gasteiger partial charge in [0.15, 0.2) is 0 Å². The molecule has 17 heavy (non-hydrogen) atoms. The van der Waals surface area contributed by atoms with Crippen LogP contribution in [0.15, 0.2) is 30.5 Å². The molecule has 0 aliphatic heterocycles. The second-order valence-corrected chi connectivity index (χ2v) is 4.71. The first-order valence-corrected chi connectivity index (χ1v) is 6.45. The Bertz CT molecular complexity index is 482. The summed E-state index contributed by atoms with van der Waals surface area (Å²) >= 11 is 1.70. The zero-order valence-electron chi connectivity index (χ0n) is 10.1. The Morgan fingerprint density at radius 1 is 1.35 bits per heavy atom. The van der Waals surface area contributed by atoms with Crippen LogP contribution in [0.4, 0.5) is 0 Å². The largest absolute Gasteiger partial charge is 0.496 e. The number of benzene rings is 1. The van der Waals surface area contributed by atoms with Crippen LogP contribution in [0.5, 0.6) is 5.75 Å². The summed E-state index contributed by atoms with van der Waals surface area (Å²) in [6, 6.07) is 8.02. The van der Waals surface area contributed by atoms with E-state index in [-0.39, 0.29) is 0 Å². The predicted octanol–water partition coefficient (Wildman–Crippen LogP) is 2.93. The first kappa shape index (κ1) is 12.1. The average molecular weight is 248 g/mol. The van der Waals surface area contributed by atoms with Crippen LogP contribution in [-0.2, 0) is 6.54 Å². The number of para-hydroxylation sites is 1. The van der Waals surface area contributed by atoms with Gasteiger partial charge in [-0.15, -0.1) is 11.3 Å². The first-order chi connectivity index (χ1) is 8.35. The van der Waals surface area contributed by atoms with E-state index in [1.165, 1.54) is 0 Å². The summed E-state index contributed by atoms with van der Waals surface area (Å²) in [5.41, 5.74) is 1.11. The van der Waals surface area contributed by atoms with E-state index < -0.39 is 0 Å². The van der Waals surface area contributed by atoms with Gasteiger partial charge < -0.3 is 10.1 Å². The summed E-state index contributed by atoms with van der Waals surface area (Å²) in [6.07, 6.45) is 1.91. The summed E-state index contributed by atoms with van der Waals surface area (Å²) in [6.45, 7) is 3.88. The van der Waals surface area contributed by atoms with Gasteiger partial charge in [-0.25, -0.2) is 4.98 Å². The number of nitrogens with one attached hydrogen (secondary N) is 1. The number of methoxy groups -OCH3 is 1. The van der Waals surface area contributed by atoms with Gasteiger partial charge in [0.25, 0.3) is 0 Å². The van der Waals surface area contributed by atoms with Gasteiger partial charge in [-0.1, -0.05) is 19.1 Å². The van der Waals surface area contributed by atoms with Crippen molar-refractivity contribution in [3.8, 4) is 16.2 Å². The van der Waals surface area contributed by atoms with Crippen LogP contribution in [0.1, 0.15) is 11.9 Å². The monoisotopic (exact) mass is 248 g/mol. The van der Waals surface area contributed by atoms with Crippen LogP contribution in [-0.4, -0.2) is 18.6 Å². The van der Waals surface area contributed by atoms with E-state index in [9.17, 15) is 0 Å². The minimum atomic E-state index is 0.830. The van der Waals surface area contributed by atoms with Crippen molar-refractivity contribution < 1.29 is 4.74 Å². The molecule has 2 aromatic rings. The SMILES string of the molecule is CCNCc1ncc(-c2ccccc2OC)s1. The number of aromatic nitrogens is 1. The third-order valence-electron chi connectivity index (χ3n) is 2.45. The molecule has 0 atom stereocenters. The molecule has 2 rings (SSSR count). The molecule has 0 fully saturated rings. The van der Waals surface area contributed by atoms with Gasteiger partial charge in [-0.3, -0.25) is 0 Å². The smallest absolute Gasteiger partial charge is 0.127 e. The fourth-order valence-electron chi connectivity index (χ4n) is 1.60. The number of rotatable bonds is 5. The lowest BCUT2D eigenvalue weighted by atomic mass is 10.2. The highest BCUT2D eigenvalue weighted by atomic mass is 32.1. The van der Waals surface area contributed by atoms with Crippen LogP contribution in [0, 0.1) is 0 Å². The zero-order chi connectivity index (χ0) is 12.1. The van der Waals surface area contributed by atoms with E-state index in [1.807, 2.05) is 24.4 Å². The van der Waals surface area contributed by atoms with Crippen LogP contribution in [0.2, 0.25) is 0 Å². The molecule has 1 aromatic heterocycles. The molecule has 0 bridgehead atoms. The lowest BCUT2D eigenvalue weighted by Gasteiger charge is -2.04. The molecule has 0 saturated heterocycles. The minimum Gasteiger partial charge on any atom is -0.496 e. The Balaban J connectivity index is 2.24. The van der Waals surface area contributed by atoms with E-state index in [0.717, 1.165) is 34.3 Å². The summed E-state index contributed by atoms with van der Waals surface area (Å²) in [7, 11) is 1.69. The van der Waals surface area contributed by atoms with Gasteiger partial charge in [0.1, 0.15) is 10.8 Å². The van der Waals surface area contributed by atoms with Crippen LogP contribution >= 0.6 is 11.3 Å². The molecular weight excluding hydrogens is 232 g/mol. The Morgan fingerprint density at radius 3 is 2.94 bits per heavy atom. The highest BCUT2D eigenvalue weighted by Gasteiger charge is 2.08. The molecule has 90 valence electrons. The van der Waals surface area contributed by atoms with Crippen molar-refractivity contribution in [1.82, 2.24) is 10.3 Å². The number of hydrogen-bond donors (Lipinski definition) is 1. The van der Waals surface area contributed by atoms with E-state index in [1.54, 1.807) is 18.4 Å². The molecule has 1 N–H and O–H groups in total. The highest BCUT2D eigenvalue weighted by Crippen LogP contribution is 2.33. The molecule has 0 unspecified atom stereocenters. The van der Waals surface area contributed by atoms with Crippen molar-refractivity contribution in [3.63, 3.8) is 0 Å². The quantitative estimate of drug-likeness (QED) is 0.883. The third-order valence-corrected chi connectivity index (χ3v) is 3.48. The normalized spacial score (nSPS) is 10.5. The maximum atomic E-state index is 5.35. The minimum absolute atomic E-state index is 0.830. The fourth-order valence-corrected chi connectivity index (χ4v) is 2.51. The number of hydrogen-bond acceptors (Lipinski definition) is 4. The summed E-state index contributed by atoms with van der Waals surface area (Å²) in [5, 5.41) is 4.38. The van der Waals surface area contributed by atoms with Crippen LogP contribution < -0.4 is 10.1 Å². The maximum absolute atomic E-state index is 5.35. The molecule has 0 radical (unpaired) electrons. The van der Waals surface area contributed by atoms with E-state index in [0.29, 0.717) is 0 Å². The van der Waals surface area contributed by atoms with Gasteiger partial charge >= 0.3 is 0 Å². The third kappa shape index (κ3) is 2.84. The molecule has 1 aromatic carbocycles. The van der Waals surface area contributed by atoms with E-state index in [4.69, 9.17) is 4.74 Å². The highest BCUT2D eigenvalue weighted by molar-refractivity contribution is 7.15. The standard InChI is InChI=1S/C13H16N2OS/c1-3-14-9-13-15-8-12(17-13)10-6-4-5-7-11(10)16-2/h4-8,14H,3,9H2,1-2H3. The van der Waals surface area contributed by atoms with Crippen LogP contribution in [0.3, 0.4) is 0 Å². The Hall–Kier alpha value is -1.39. The maximum Gasteiger partial charge on any atom is 0.127 e. The molecule has 4 heteroatoms. The van der Waals surface area contributed by atoms with Crippen molar-refractivity contribution >= 4 is 11.3 Å². The van der Waals surface area contributed by atoms with Crippen molar-refractivity contribution in [2.24, 2.45) is 0 Å². The van der Waals surface area contributed by atoms with Crippen LogP contribution in [0.25, 0.3) is 10.4 Å². The predicted molar refractivity (Wildman–Crippen MR) is 71.5 cm³/mol. The molecule has 1 heterocycles. The first-order valence-electron chi connectivity index (χ1n) is 5.64. The molecular formula is C13H16N2OS.